The fourth-order valence-corrected chi connectivity index (χ4v) is 6.79. The molecule has 0 saturated carbocycles. The van der Waals surface area contributed by atoms with Crippen molar-refractivity contribution >= 4 is 23.5 Å². The first kappa shape index (κ1) is 28.1. The quantitative estimate of drug-likeness (QED) is 0.490. The van der Waals surface area contributed by atoms with Crippen LogP contribution in [0.1, 0.15) is 94.6 Å². The predicted molar refractivity (Wildman–Crippen MR) is 156 cm³/mol. The number of aromatic nitrogens is 1. The molecule has 0 radical (unpaired) electrons. The number of carbonyl (C=O) groups excluding carboxylic acids is 3. The molecule has 4 heterocycles. The number of anilines is 1. The van der Waals surface area contributed by atoms with Crippen LogP contribution in [0.4, 0.5) is 5.82 Å². The van der Waals surface area contributed by atoms with Crippen LogP contribution in [-0.4, -0.2) is 70.9 Å². The monoisotopic (exact) mass is 546 g/mol. The second kappa shape index (κ2) is 11.6. The normalized spacial score (nSPS) is 24.7. The van der Waals surface area contributed by atoms with Gasteiger partial charge < -0.3 is 21.3 Å². The zero-order chi connectivity index (χ0) is 28.6. The third-order valence-corrected chi connectivity index (χ3v) is 8.94. The van der Waals surface area contributed by atoms with E-state index in [1.807, 2.05) is 19.1 Å². The molecule has 0 spiro atoms. The molecule has 1 aromatic heterocycles. The van der Waals surface area contributed by atoms with E-state index in [0.717, 1.165) is 63.0 Å². The highest BCUT2D eigenvalue weighted by atomic mass is 16.2. The van der Waals surface area contributed by atoms with Gasteiger partial charge in [0, 0.05) is 54.1 Å². The van der Waals surface area contributed by atoms with Gasteiger partial charge in [0.25, 0.3) is 11.8 Å². The smallest absolute Gasteiger partial charge is 0.253 e. The number of nitrogens with one attached hydrogen (secondary N) is 2. The van der Waals surface area contributed by atoms with Crippen molar-refractivity contribution in [2.24, 2.45) is 5.73 Å². The van der Waals surface area contributed by atoms with Gasteiger partial charge >= 0.3 is 0 Å². The lowest BCUT2D eigenvalue weighted by atomic mass is 9.95. The number of piperidine rings is 2. The van der Waals surface area contributed by atoms with Crippen molar-refractivity contribution in [1.29, 1.82) is 0 Å². The van der Waals surface area contributed by atoms with Gasteiger partial charge in [0.1, 0.15) is 5.82 Å². The molecule has 3 aliphatic rings. The van der Waals surface area contributed by atoms with Gasteiger partial charge in [-0.05, 0) is 108 Å². The number of hydrogen-bond donors (Lipinski definition) is 3. The van der Waals surface area contributed by atoms with Crippen molar-refractivity contribution < 1.29 is 14.4 Å². The summed E-state index contributed by atoms with van der Waals surface area (Å²) in [5.74, 6) is 0.234. The molecule has 1 aromatic carbocycles. The SMILES string of the molecule is Cc1cc(C(=O)NC2C[C@H]3CC[C@@H](C2)N3c2ccc(C(=O)N[C@H]3CCCN(C(C)C)C3)cn2)c(C)cc1C(N)=O. The molecule has 40 heavy (non-hydrogen) atoms. The van der Waals surface area contributed by atoms with Crippen molar-refractivity contribution in [3.63, 3.8) is 0 Å². The summed E-state index contributed by atoms with van der Waals surface area (Å²) in [5, 5.41) is 6.44. The number of amides is 3. The zero-order valence-corrected chi connectivity index (χ0v) is 24.1. The Morgan fingerprint density at radius 1 is 0.925 bits per heavy atom. The highest BCUT2D eigenvalue weighted by Gasteiger charge is 2.42. The molecule has 2 bridgehead atoms. The van der Waals surface area contributed by atoms with Crippen LogP contribution in [0.5, 0.6) is 0 Å². The molecule has 9 nitrogen and oxygen atoms in total. The molecule has 9 heteroatoms. The number of primary amides is 1. The number of pyridine rings is 1. The van der Waals surface area contributed by atoms with Crippen LogP contribution in [0, 0.1) is 13.8 Å². The lowest BCUT2D eigenvalue weighted by molar-refractivity contribution is 0.0884. The Morgan fingerprint density at radius 2 is 1.57 bits per heavy atom. The molecule has 3 aliphatic heterocycles. The van der Waals surface area contributed by atoms with E-state index in [9.17, 15) is 14.4 Å². The van der Waals surface area contributed by atoms with Gasteiger partial charge in [0.2, 0.25) is 5.91 Å². The minimum Gasteiger partial charge on any atom is -0.366 e. The fraction of sp³-hybridized carbons (Fsp3) is 0.548. The molecular weight excluding hydrogens is 504 g/mol. The van der Waals surface area contributed by atoms with Crippen LogP contribution in [-0.2, 0) is 0 Å². The van der Waals surface area contributed by atoms with Crippen molar-refractivity contribution in [1.82, 2.24) is 20.5 Å². The maximum Gasteiger partial charge on any atom is 0.253 e. The summed E-state index contributed by atoms with van der Waals surface area (Å²) in [5.41, 5.74) is 8.53. The lowest BCUT2D eigenvalue weighted by Crippen LogP contribution is -2.51. The van der Waals surface area contributed by atoms with E-state index in [1.54, 1.807) is 25.3 Å². The number of carbonyl (C=O) groups is 3. The van der Waals surface area contributed by atoms with Gasteiger partial charge in [-0.2, -0.15) is 0 Å². The van der Waals surface area contributed by atoms with E-state index in [4.69, 9.17) is 10.7 Å². The first-order chi connectivity index (χ1) is 19.1. The number of benzene rings is 1. The summed E-state index contributed by atoms with van der Waals surface area (Å²) in [7, 11) is 0. The van der Waals surface area contributed by atoms with Gasteiger partial charge in [0.15, 0.2) is 0 Å². The third kappa shape index (κ3) is 5.84. The Balaban J connectivity index is 1.19. The topological polar surface area (TPSA) is 121 Å². The Bertz CT molecular complexity index is 1260. The standard InChI is InChI=1S/C31H42N6O3/c1-18(2)36-11-5-6-22(17-36)34-30(39)21-7-10-28(33-16-21)37-24-8-9-25(37)15-23(14-24)35-31(40)27-13-19(3)26(29(32)38)12-20(27)4/h7,10,12-13,16,18,22-25H,5-6,8-9,11,14-15,17H2,1-4H3,(H2,32,38)(H,34,39)(H,35,40)/t22-,23?,24-,25+/m0/s1. The molecule has 3 saturated heterocycles. The average Bonchev–Trinajstić information content (AvgIpc) is 3.19. The van der Waals surface area contributed by atoms with Crippen LogP contribution >= 0.6 is 0 Å². The minimum atomic E-state index is -0.485. The molecule has 0 aliphatic carbocycles. The van der Waals surface area contributed by atoms with Gasteiger partial charge in [-0.15, -0.1) is 0 Å². The first-order valence-corrected chi connectivity index (χ1v) is 14.6. The van der Waals surface area contributed by atoms with Crippen LogP contribution in [0.2, 0.25) is 0 Å². The molecule has 214 valence electrons. The van der Waals surface area contributed by atoms with Gasteiger partial charge in [0.05, 0.1) is 5.56 Å². The minimum absolute atomic E-state index is 0.0616. The summed E-state index contributed by atoms with van der Waals surface area (Å²) in [6.45, 7) is 10.0. The molecule has 3 fully saturated rings. The van der Waals surface area contributed by atoms with Crippen molar-refractivity contribution in [2.75, 3.05) is 18.0 Å². The summed E-state index contributed by atoms with van der Waals surface area (Å²) < 4.78 is 0. The van der Waals surface area contributed by atoms with Crippen LogP contribution in [0.25, 0.3) is 0 Å². The molecule has 1 unspecified atom stereocenters. The fourth-order valence-electron chi connectivity index (χ4n) is 6.79. The molecule has 4 atom stereocenters. The number of hydrogen-bond acceptors (Lipinski definition) is 6. The largest absolute Gasteiger partial charge is 0.366 e. The molecular formula is C31H42N6O3. The van der Waals surface area contributed by atoms with E-state index in [2.05, 4.69) is 34.3 Å². The molecule has 2 aromatic rings. The van der Waals surface area contributed by atoms with Crippen LogP contribution in [0.3, 0.4) is 0 Å². The Labute approximate surface area is 236 Å². The maximum absolute atomic E-state index is 13.2. The van der Waals surface area contributed by atoms with E-state index < -0.39 is 5.91 Å². The highest BCUT2D eigenvalue weighted by Crippen LogP contribution is 2.38. The van der Waals surface area contributed by atoms with E-state index in [1.165, 1.54) is 0 Å². The zero-order valence-electron chi connectivity index (χ0n) is 24.1. The van der Waals surface area contributed by atoms with Gasteiger partial charge in [-0.1, -0.05) is 0 Å². The number of nitrogens with zero attached hydrogens (tertiary/aromatic N) is 3. The van der Waals surface area contributed by atoms with Crippen LogP contribution in [0.15, 0.2) is 30.5 Å². The molecule has 3 amide bonds. The van der Waals surface area contributed by atoms with E-state index in [-0.39, 0.29) is 23.9 Å². The van der Waals surface area contributed by atoms with Gasteiger partial charge in [-0.25, -0.2) is 4.98 Å². The van der Waals surface area contributed by atoms with Gasteiger partial charge in [-0.3, -0.25) is 19.3 Å². The second-order valence-corrected chi connectivity index (χ2v) is 12.1. The summed E-state index contributed by atoms with van der Waals surface area (Å²) >= 11 is 0. The lowest BCUT2D eigenvalue weighted by Gasteiger charge is -2.40. The number of nitrogens with two attached hydrogens (primary N) is 1. The molecule has 5 rings (SSSR count). The summed E-state index contributed by atoms with van der Waals surface area (Å²) in [4.78, 5) is 47.2. The maximum atomic E-state index is 13.2. The molecule has 4 N–H and O–H groups in total. The summed E-state index contributed by atoms with van der Waals surface area (Å²) in [6, 6.07) is 8.61. The number of likely N-dealkylation sites (tertiary alicyclic amines) is 1. The average molecular weight is 547 g/mol. The van der Waals surface area contributed by atoms with Crippen molar-refractivity contribution in [3.8, 4) is 0 Å². The Kier molecular flexibility index (Phi) is 8.12. The number of aryl methyl sites for hydroxylation is 2. The van der Waals surface area contributed by atoms with Crippen molar-refractivity contribution in [3.05, 3.63) is 58.3 Å². The predicted octanol–water partition coefficient (Wildman–Crippen LogP) is 3.33. The number of fused-ring (bicyclic) bond motifs is 2. The highest BCUT2D eigenvalue weighted by molar-refractivity contribution is 5.99. The first-order valence-electron chi connectivity index (χ1n) is 14.6. The Morgan fingerprint density at radius 3 is 2.20 bits per heavy atom. The number of rotatable bonds is 7. The van der Waals surface area contributed by atoms with Crippen molar-refractivity contribution in [2.45, 2.75) is 96.4 Å². The van der Waals surface area contributed by atoms with E-state index in [0.29, 0.717) is 40.4 Å². The Hall–Kier alpha value is -3.46. The second-order valence-electron chi connectivity index (χ2n) is 12.1. The third-order valence-electron chi connectivity index (χ3n) is 8.94. The summed E-state index contributed by atoms with van der Waals surface area (Å²) in [6.07, 6.45) is 7.60. The van der Waals surface area contributed by atoms with Crippen LogP contribution < -0.4 is 21.3 Å². The van der Waals surface area contributed by atoms with E-state index >= 15 is 0 Å².